The van der Waals surface area contributed by atoms with Gasteiger partial charge in [-0.1, -0.05) is 41.9 Å². The number of nitrogens with one attached hydrogen (secondary N) is 1. The quantitative estimate of drug-likeness (QED) is 0.716. The predicted molar refractivity (Wildman–Crippen MR) is 95.1 cm³/mol. The van der Waals surface area contributed by atoms with E-state index in [0.29, 0.717) is 5.69 Å². The van der Waals surface area contributed by atoms with Gasteiger partial charge < -0.3 is 5.32 Å². The first-order chi connectivity index (χ1) is 11.6. The molecule has 1 amide bonds. The summed E-state index contributed by atoms with van der Waals surface area (Å²) in [4.78, 5) is 16.5. The summed E-state index contributed by atoms with van der Waals surface area (Å²) in [5, 5.41) is 5.63. The predicted octanol–water partition coefficient (Wildman–Crippen LogP) is 4.71. The number of hydrogen-bond donors (Lipinski definition) is 1. The van der Waals surface area contributed by atoms with Crippen LogP contribution in [0.3, 0.4) is 0 Å². The molecule has 3 nitrogen and oxygen atoms in total. The van der Waals surface area contributed by atoms with E-state index in [0.717, 1.165) is 17.5 Å². The van der Waals surface area contributed by atoms with Gasteiger partial charge in [-0.2, -0.15) is 0 Å². The first-order valence-electron chi connectivity index (χ1n) is 7.32. The summed E-state index contributed by atoms with van der Waals surface area (Å²) in [7, 11) is 0. The molecule has 0 saturated heterocycles. The van der Waals surface area contributed by atoms with E-state index in [1.807, 2.05) is 35.7 Å². The molecule has 0 unspecified atom stereocenters. The standard InChI is InChI=1S/C18H14ClFN2OS/c19-13-6-7-16(15(20)9-13)22-17(23)10-14-11-24-18(21-14)8-12-4-2-1-3-5-12/h1-7,9,11H,8,10H2,(H,22,23). The highest BCUT2D eigenvalue weighted by atomic mass is 35.5. The first kappa shape index (κ1) is 16.6. The fourth-order valence-corrected chi connectivity index (χ4v) is 3.22. The smallest absolute Gasteiger partial charge is 0.230 e. The summed E-state index contributed by atoms with van der Waals surface area (Å²) >= 11 is 7.21. The van der Waals surface area contributed by atoms with Crippen LogP contribution in [-0.2, 0) is 17.6 Å². The lowest BCUT2D eigenvalue weighted by Crippen LogP contribution is -2.15. The molecule has 0 aliphatic carbocycles. The topological polar surface area (TPSA) is 42.0 Å². The van der Waals surface area contributed by atoms with E-state index in [9.17, 15) is 9.18 Å². The molecule has 0 fully saturated rings. The van der Waals surface area contributed by atoms with E-state index in [-0.39, 0.29) is 23.0 Å². The van der Waals surface area contributed by atoms with Crippen LogP contribution in [0.1, 0.15) is 16.3 Å². The summed E-state index contributed by atoms with van der Waals surface area (Å²) in [5.41, 5.74) is 1.97. The second-order valence-electron chi connectivity index (χ2n) is 5.24. The van der Waals surface area contributed by atoms with E-state index in [1.54, 1.807) is 0 Å². The number of amides is 1. The monoisotopic (exact) mass is 360 g/mol. The zero-order chi connectivity index (χ0) is 16.9. The molecule has 24 heavy (non-hydrogen) atoms. The fourth-order valence-electron chi connectivity index (χ4n) is 2.23. The molecule has 0 bridgehead atoms. The Balaban J connectivity index is 1.61. The van der Waals surface area contributed by atoms with Gasteiger partial charge in [-0.15, -0.1) is 11.3 Å². The summed E-state index contributed by atoms with van der Waals surface area (Å²) in [6, 6.07) is 14.2. The minimum Gasteiger partial charge on any atom is -0.323 e. The fraction of sp³-hybridized carbons (Fsp3) is 0.111. The summed E-state index contributed by atoms with van der Waals surface area (Å²) in [6.07, 6.45) is 0.840. The van der Waals surface area contributed by atoms with Gasteiger partial charge in [0.25, 0.3) is 0 Å². The molecule has 0 radical (unpaired) electrons. The minimum atomic E-state index is -0.557. The number of anilines is 1. The number of thiazole rings is 1. The highest BCUT2D eigenvalue weighted by molar-refractivity contribution is 7.09. The van der Waals surface area contributed by atoms with Crippen molar-refractivity contribution in [2.75, 3.05) is 5.32 Å². The van der Waals surface area contributed by atoms with Crippen molar-refractivity contribution in [2.45, 2.75) is 12.8 Å². The largest absolute Gasteiger partial charge is 0.323 e. The number of aromatic nitrogens is 1. The maximum absolute atomic E-state index is 13.7. The van der Waals surface area contributed by atoms with Gasteiger partial charge in [0.1, 0.15) is 5.82 Å². The van der Waals surface area contributed by atoms with Crippen molar-refractivity contribution in [3.05, 3.63) is 81.0 Å². The third-order valence-corrected chi connectivity index (χ3v) is 4.48. The highest BCUT2D eigenvalue weighted by Crippen LogP contribution is 2.20. The Hall–Kier alpha value is -2.24. The molecule has 0 spiro atoms. The van der Waals surface area contributed by atoms with Crippen LogP contribution in [0.5, 0.6) is 0 Å². The molecule has 0 aliphatic heterocycles. The second-order valence-corrected chi connectivity index (χ2v) is 6.62. The molecule has 0 saturated carbocycles. The van der Waals surface area contributed by atoms with Crippen molar-refractivity contribution in [3.63, 3.8) is 0 Å². The normalized spacial score (nSPS) is 10.6. The Labute approximate surface area is 148 Å². The van der Waals surface area contributed by atoms with Gasteiger partial charge in [-0.05, 0) is 23.8 Å². The number of hydrogen-bond acceptors (Lipinski definition) is 3. The lowest BCUT2D eigenvalue weighted by Gasteiger charge is -2.05. The van der Waals surface area contributed by atoms with Crippen molar-refractivity contribution in [2.24, 2.45) is 0 Å². The van der Waals surface area contributed by atoms with Gasteiger partial charge in [0.15, 0.2) is 0 Å². The lowest BCUT2D eigenvalue weighted by atomic mass is 10.2. The zero-order valence-electron chi connectivity index (χ0n) is 12.6. The molecule has 0 atom stereocenters. The second kappa shape index (κ2) is 7.55. The molecule has 2 aromatic carbocycles. The van der Waals surface area contributed by atoms with Gasteiger partial charge >= 0.3 is 0 Å². The Bertz CT molecular complexity index is 851. The Morgan fingerprint density at radius 2 is 2.00 bits per heavy atom. The van der Waals surface area contributed by atoms with Crippen LogP contribution in [0.25, 0.3) is 0 Å². The maximum Gasteiger partial charge on any atom is 0.230 e. The summed E-state index contributed by atoms with van der Waals surface area (Å²) < 4.78 is 13.7. The molecule has 1 aromatic heterocycles. The number of carbonyl (C=O) groups excluding carboxylic acids is 1. The van der Waals surface area contributed by atoms with E-state index in [1.165, 1.54) is 29.0 Å². The van der Waals surface area contributed by atoms with Crippen molar-refractivity contribution >= 4 is 34.5 Å². The average molecular weight is 361 g/mol. The Morgan fingerprint density at radius 3 is 2.75 bits per heavy atom. The van der Waals surface area contributed by atoms with Gasteiger partial charge in [0.05, 0.1) is 22.8 Å². The maximum atomic E-state index is 13.7. The number of rotatable bonds is 5. The third-order valence-electron chi connectivity index (χ3n) is 3.34. The van der Waals surface area contributed by atoms with Gasteiger partial charge in [0.2, 0.25) is 5.91 Å². The van der Waals surface area contributed by atoms with Crippen LogP contribution < -0.4 is 5.32 Å². The van der Waals surface area contributed by atoms with Crippen molar-refractivity contribution < 1.29 is 9.18 Å². The van der Waals surface area contributed by atoms with E-state index < -0.39 is 5.82 Å². The molecule has 1 N–H and O–H groups in total. The van der Waals surface area contributed by atoms with Crippen LogP contribution in [0.4, 0.5) is 10.1 Å². The first-order valence-corrected chi connectivity index (χ1v) is 8.58. The van der Waals surface area contributed by atoms with Crippen molar-refractivity contribution in [1.82, 2.24) is 4.98 Å². The Kier molecular flexibility index (Phi) is 5.23. The molecule has 3 rings (SSSR count). The molecule has 0 aliphatic rings. The van der Waals surface area contributed by atoms with Crippen LogP contribution in [-0.4, -0.2) is 10.9 Å². The molecular formula is C18H14ClFN2OS. The Morgan fingerprint density at radius 1 is 1.21 bits per heavy atom. The van der Waals surface area contributed by atoms with Crippen LogP contribution >= 0.6 is 22.9 Å². The summed E-state index contributed by atoms with van der Waals surface area (Å²) in [6.45, 7) is 0. The van der Waals surface area contributed by atoms with E-state index in [4.69, 9.17) is 11.6 Å². The van der Waals surface area contributed by atoms with Gasteiger partial charge in [-0.3, -0.25) is 4.79 Å². The molecular weight excluding hydrogens is 347 g/mol. The van der Waals surface area contributed by atoms with Gasteiger partial charge in [0, 0.05) is 16.8 Å². The molecule has 3 aromatic rings. The van der Waals surface area contributed by atoms with E-state index >= 15 is 0 Å². The SMILES string of the molecule is O=C(Cc1csc(Cc2ccccc2)n1)Nc1ccc(Cl)cc1F. The zero-order valence-corrected chi connectivity index (χ0v) is 14.2. The number of benzene rings is 2. The third kappa shape index (κ3) is 4.40. The summed E-state index contributed by atoms with van der Waals surface area (Å²) in [5.74, 6) is -0.869. The highest BCUT2D eigenvalue weighted by Gasteiger charge is 2.11. The minimum absolute atomic E-state index is 0.105. The number of halogens is 2. The van der Waals surface area contributed by atoms with Gasteiger partial charge in [-0.25, -0.2) is 9.37 Å². The van der Waals surface area contributed by atoms with E-state index in [2.05, 4.69) is 10.3 Å². The molecule has 1 heterocycles. The number of nitrogens with zero attached hydrogens (tertiary/aromatic N) is 1. The molecule has 6 heteroatoms. The van der Waals surface area contributed by atoms with Crippen LogP contribution in [0, 0.1) is 5.82 Å². The average Bonchev–Trinajstić information content (AvgIpc) is 2.98. The lowest BCUT2D eigenvalue weighted by molar-refractivity contribution is -0.115. The van der Waals surface area contributed by atoms with Crippen LogP contribution in [0.2, 0.25) is 5.02 Å². The molecule has 122 valence electrons. The van der Waals surface area contributed by atoms with Crippen LogP contribution in [0.15, 0.2) is 53.9 Å². The van der Waals surface area contributed by atoms with Crippen molar-refractivity contribution in [3.8, 4) is 0 Å². The van der Waals surface area contributed by atoms with Crippen molar-refractivity contribution in [1.29, 1.82) is 0 Å². The number of carbonyl (C=O) groups is 1.